The molecule has 0 saturated carbocycles. The summed E-state index contributed by atoms with van der Waals surface area (Å²) in [7, 11) is 0. The topological polar surface area (TPSA) is 0 Å². The maximum Gasteiger partial charge on any atom is 1.00 e. The molecule has 0 saturated heterocycles. The molecule has 0 bridgehead atoms. The number of rotatable bonds is 1. The fraction of sp³-hybridized carbons (Fsp3) is 0.0909. The van der Waals surface area contributed by atoms with Crippen LogP contribution in [0.4, 0.5) is 12.9 Å². The van der Waals surface area contributed by atoms with Crippen molar-refractivity contribution in [2.75, 3.05) is 0 Å². The number of aryl methyl sites for hydroxylation is 1. The fourth-order valence-electron chi connectivity index (χ4n) is 1.84. The van der Waals surface area contributed by atoms with Gasteiger partial charge in [0.25, 0.3) is 0 Å². The zero-order valence-corrected chi connectivity index (χ0v) is 12.3. The Morgan fingerprint density at radius 2 is 1.56 bits per heavy atom. The molecule has 0 aliphatic carbocycles. The second-order valence-electron chi connectivity index (χ2n) is 3.59. The zero-order chi connectivity index (χ0) is 11.1. The fourth-order valence-corrected chi connectivity index (χ4v) is 1.84. The molecule has 0 spiro atoms. The predicted molar refractivity (Wildman–Crippen MR) is 57.4 cm³/mol. The summed E-state index contributed by atoms with van der Waals surface area (Å²) >= 11 is 0. The molecule has 0 aliphatic rings. The van der Waals surface area contributed by atoms with Crippen molar-refractivity contribution in [2.45, 2.75) is 6.92 Å². The summed E-state index contributed by atoms with van der Waals surface area (Å²) in [5.74, 6) is 0. The van der Waals surface area contributed by atoms with E-state index >= 15 is 0 Å². The van der Waals surface area contributed by atoms with Crippen LogP contribution in [0.5, 0.6) is 0 Å². The van der Waals surface area contributed by atoms with Crippen molar-refractivity contribution in [1.29, 1.82) is 0 Å². The van der Waals surface area contributed by atoms with Gasteiger partial charge in [0.2, 0.25) is 0 Å². The first-order valence-corrected chi connectivity index (χ1v) is 4.68. The number of benzene rings is 2. The molecule has 16 heavy (non-hydrogen) atoms. The molecule has 2 aromatic rings. The summed E-state index contributed by atoms with van der Waals surface area (Å²) in [4.78, 5) is 0. The second kappa shape index (κ2) is 5.23. The zero-order valence-electron chi connectivity index (χ0n) is 9.18. The van der Waals surface area contributed by atoms with Gasteiger partial charge < -0.3 is 12.9 Å². The number of halogens is 3. The van der Waals surface area contributed by atoms with Crippen molar-refractivity contribution in [3.05, 3.63) is 42.0 Å². The normalized spacial score (nSPS) is 11.2. The van der Waals surface area contributed by atoms with Gasteiger partial charge in [-0.15, -0.1) is 0 Å². The minimum atomic E-state index is -4.94. The Morgan fingerprint density at radius 1 is 0.938 bits per heavy atom. The van der Waals surface area contributed by atoms with E-state index in [4.69, 9.17) is 0 Å². The van der Waals surface area contributed by atoms with Crippen molar-refractivity contribution < 1.29 is 64.3 Å². The van der Waals surface area contributed by atoms with Crippen LogP contribution < -0.4 is 56.8 Å². The first kappa shape index (κ1) is 14.3. The van der Waals surface area contributed by atoms with Crippen LogP contribution in [0.25, 0.3) is 10.8 Å². The molecule has 0 radical (unpaired) electrons. The Balaban J connectivity index is 0.00000128. The monoisotopic (exact) mass is 248 g/mol. The minimum Gasteiger partial charge on any atom is -0.445 e. The largest absolute Gasteiger partial charge is 1.00 e. The summed E-state index contributed by atoms with van der Waals surface area (Å²) < 4.78 is 38.5. The SMILES string of the molecule is Cc1ccc2ccccc2c1[B-](F)(F)F.[K+]. The van der Waals surface area contributed by atoms with E-state index in [0.717, 1.165) is 0 Å². The van der Waals surface area contributed by atoms with E-state index in [1.54, 1.807) is 24.3 Å². The van der Waals surface area contributed by atoms with Crippen LogP contribution in [0.2, 0.25) is 0 Å². The van der Waals surface area contributed by atoms with E-state index in [9.17, 15) is 12.9 Å². The van der Waals surface area contributed by atoms with E-state index in [2.05, 4.69) is 0 Å². The summed E-state index contributed by atoms with van der Waals surface area (Å²) in [6.45, 7) is -3.44. The van der Waals surface area contributed by atoms with Crippen LogP contribution >= 0.6 is 0 Å². The van der Waals surface area contributed by atoms with Crippen molar-refractivity contribution >= 4 is 23.2 Å². The second-order valence-corrected chi connectivity index (χ2v) is 3.59. The van der Waals surface area contributed by atoms with E-state index in [-0.39, 0.29) is 51.4 Å². The van der Waals surface area contributed by atoms with E-state index < -0.39 is 12.4 Å². The van der Waals surface area contributed by atoms with Crippen molar-refractivity contribution in [3.8, 4) is 0 Å². The minimum absolute atomic E-state index is 0. The molecule has 5 heteroatoms. The third kappa shape index (κ3) is 2.71. The summed E-state index contributed by atoms with van der Waals surface area (Å²) in [6, 6.07) is 9.83. The van der Waals surface area contributed by atoms with Crippen molar-refractivity contribution in [3.63, 3.8) is 0 Å². The first-order chi connectivity index (χ1) is 7.00. The van der Waals surface area contributed by atoms with Crippen molar-refractivity contribution in [2.24, 2.45) is 0 Å². The molecule has 0 aromatic heterocycles. The quantitative estimate of drug-likeness (QED) is 0.633. The molecule has 0 fully saturated rings. The molecule has 0 unspecified atom stereocenters. The molecule has 0 amide bonds. The Kier molecular flexibility index (Phi) is 4.66. The first-order valence-electron chi connectivity index (χ1n) is 4.68. The van der Waals surface area contributed by atoms with Gasteiger partial charge in [-0.3, -0.25) is 0 Å². The van der Waals surface area contributed by atoms with Gasteiger partial charge in [-0.05, 0) is 17.7 Å². The van der Waals surface area contributed by atoms with Gasteiger partial charge in [-0.1, -0.05) is 47.4 Å². The maximum absolute atomic E-state index is 12.8. The van der Waals surface area contributed by atoms with Crippen LogP contribution in [0.15, 0.2) is 36.4 Å². The third-order valence-corrected chi connectivity index (χ3v) is 2.52. The standard InChI is InChI=1S/C11H9BF3.K/c1-8-6-7-9-4-2-3-5-10(9)11(8)12(13,14)15;/h2-7H,1H3;/q-1;+1. The van der Waals surface area contributed by atoms with Crippen molar-refractivity contribution in [1.82, 2.24) is 0 Å². The number of hydrogen-bond acceptors (Lipinski definition) is 0. The molecule has 78 valence electrons. The molecule has 2 aromatic carbocycles. The Bertz CT molecular complexity index is 508. The smallest absolute Gasteiger partial charge is 0.445 e. The van der Waals surface area contributed by atoms with Gasteiger partial charge >= 0.3 is 58.4 Å². The Hall–Kier alpha value is 0.191. The summed E-state index contributed by atoms with van der Waals surface area (Å²) in [6.07, 6.45) is 0. The summed E-state index contributed by atoms with van der Waals surface area (Å²) in [5, 5.41) is 0.933. The average molecular weight is 248 g/mol. The van der Waals surface area contributed by atoms with E-state index in [1.807, 2.05) is 0 Å². The van der Waals surface area contributed by atoms with E-state index in [0.29, 0.717) is 16.3 Å². The van der Waals surface area contributed by atoms with Crippen LogP contribution in [0.3, 0.4) is 0 Å². The van der Waals surface area contributed by atoms with Gasteiger partial charge in [0, 0.05) is 0 Å². The van der Waals surface area contributed by atoms with Crippen LogP contribution in [-0.4, -0.2) is 6.98 Å². The van der Waals surface area contributed by atoms with E-state index in [1.165, 1.54) is 19.1 Å². The van der Waals surface area contributed by atoms with Crippen LogP contribution in [0, 0.1) is 6.92 Å². The number of fused-ring (bicyclic) bond motifs is 1. The van der Waals surface area contributed by atoms with Gasteiger partial charge in [0.05, 0.1) is 0 Å². The Morgan fingerprint density at radius 3 is 2.19 bits per heavy atom. The molecule has 0 aliphatic heterocycles. The summed E-state index contributed by atoms with van der Waals surface area (Å²) in [5.41, 5.74) is -0.172. The van der Waals surface area contributed by atoms with Gasteiger partial charge in [0.1, 0.15) is 0 Å². The van der Waals surface area contributed by atoms with Crippen LogP contribution in [0.1, 0.15) is 5.56 Å². The third-order valence-electron chi connectivity index (χ3n) is 2.52. The number of hydrogen-bond donors (Lipinski definition) is 0. The molecular formula is C11H9BF3K. The van der Waals surface area contributed by atoms with Gasteiger partial charge in [0.15, 0.2) is 0 Å². The molecule has 0 heterocycles. The predicted octanol–water partition coefficient (Wildman–Crippen LogP) is 0.207. The Labute approximate surface area is 135 Å². The molecule has 0 N–H and O–H groups in total. The van der Waals surface area contributed by atoms with Gasteiger partial charge in [-0.2, -0.15) is 0 Å². The molecule has 0 nitrogen and oxygen atoms in total. The van der Waals surface area contributed by atoms with Crippen LogP contribution in [-0.2, 0) is 0 Å². The molecule has 2 rings (SSSR count). The average Bonchev–Trinajstić information content (AvgIpc) is 2.15. The maximum atomic E-state index is 12.8. The molecule has 0 atom stereocenters. The molecular weight excluding hydrogens is 239 g/mol. The van der Waals surface area contributed by atoms with Gasteiger partial charge in [-0.25, -0.2) is 0 Å².